The van der Waals surface area contributed by atoms with Crippen molar-refractivity contribution in [2.24, 2.45) is 5.92 Å². The van der Waals surface area contributed by atoms with Gasteiger partial charge in [-0.2, -0.15) is 0 Å². The molecule has 1 aliphatic rings. The number of phenolic OH excluding ortho intramolecular Hbond substituents is 1. The van der Waals surface area contributed by atoms with Crippen LogP contribution in [0.5, 0.6) is 5.75 Å². The largest absolute Gasteiger partial charge is 0.508 e. The lowest BCUT2D eigenvalue weighted by atomic mass is 10.2. The number of rotatable bonds is 3. The number of hydrogen-bond acceptors (Lipinski definition) is 2. The molecule has 0 unspecified atom stereocenters. The Morgan fingerprint density at radius 1 is 1.53 bits per heavy atom. The summed E-state index contributed by atoms with van der Waals surface area (Å²) in [7, 11) is 0. The first kappa shape index (κ1) is 10.3. The number of nitrogens with one attached hydrogen (secondary N) is 1. The Bertz CT molecular complexity index is 388. The van der Waals surface area contributed by atoms with E-state index in [2.05, 4.69) is 5.32 Å². The van der Waals surface area contributed by atoms with Gasteiger partial charge in [-0.3, -0.25) is 4.79 Å². The first-order valence-electron chi connectivity index (χ1n) is 4.93. The van der Waals surface area contributed by atoms with Crippen molar-refractivity contribution < 1.29 is 9.90 Å². The van der Waals surface area contributed by atoms with E-state index >= 15 is 0 Å². The van der Waals surface area contributed by atoms with Gasteiger partial charge in [0.15, 0.2) is 0 Å². The zero-order valence-corrected chi connectivity index (χ0v) is 8.92. The van der Waals surface area contributed by atoms with E-state index in [0.29, 0.717) is 23.0 Å². The molecule has 2 rings (SSSR count). The fourth-order valence-electron chi connectivity index (χ4n) is 1.34. The van der Waals surface area contributed by atoms with Crippen LogP contribution in [0.2, 0.25) is 5.02 Å². The molecule has 3 nitrogen and oxygen atoms in total. The summed E-state index contributed by atoms with van der Waals surface area (Å²) < 4.78 is 0. The molecule has 15 heavy (non-hydrogen) atoms. The quantitative estimate of drug-likeness (QED) is 0.829. The Labute approximate surface area is 93.1 Å². The predicted molar refractivity (Wildman–Crippen MR) is 58.2 cm³/mol. The molecule has 1 fully saturated rings. The minimum atomic E-state index is -0.220. The molecule has 0 heterocycles. The summed E-state index contributed by atoms with van der Waals surface area (Å²) in [5.74, 6) is 0.462. The van der Waals surface area contributed by atoms with E-state index in [4.69, 9.17) is 11.6 Å². The van der Waals surface area contributed by atoms with E-state index in [1.165, 1.54) is 31.0 Å². The molecule has 2 N–H and O–H groups in total. The summed E-state index contributed by atoms with van der Waals surface area (Å²) in [6, 6.07) is 4.35. The van der Waals surface area contributed by atoms with Gasteiger partial charge in [-0.15, -0.1) is 0 Å². The Morgan fingerprint density at radius 2 is 2.27 bits per heavy atom. The lowest BCUT2D eigenvalue weighted by Gasteiger charge is -2.06. The van der Waals surface area contributed by atoms with Crippen LogP contribution < -0.4 is 5.32 Å². The number of halogens is 1. The van der Waals surface area contributed by atoms with Crippen molar-refractivity contribution in [1.29, 1.82) is 0 Å². The van der Waals surface area contributed by atoms with Gasteiger partial charge < -0.3 is 10.4 Å². The highest BCUT2D eigenvalue weighted by molar-refractivity contribution is 6.33. The molecular weight excluding hydrogens is 214 g/mol. The molecule has 0 atom stereocenters. The molecule has 0 saturated heterocycles. The molecule has 80 valence electrons. The number of phenols is 1. The lowest BCUT2D eigenvalue weighted by Crippen LogP contribution is -2.25. The molecule has 0 spiro atoms. The molecule has 1 amide bonds. The molecular formula is C11H12ClNO2. The third kappa shape index (κ3) is 2.63. The predicted octanol–water partition coefficient (Wildman–Crippen LogP) is 2.19. The zero-order valence-electron chi connectivity index (χ0n) is 8.16. The highest BCUT2D eigenvalue weighted by Gasteiger charge is 2.22. The minimum Gasteiger partial charge on any atom is -0.508 e. The molecule has 0 aliphatic heterocycles. The normalized spacial score (nSPS) is 15.0. The monoisotopic (exact) mass is 225 g/mol. The maximum Gasteiger partial charge on any atom is 0.252 e. The van der Waals surface area contributed by atoms with Gasteiger partial charge >= 0.3 is 0 Å². The van der Waals surface area contributed by atoms with Crippen LogP contribution in [0.4, 0.5) is 0 Å². The van der Waals surface area contributed by atoms with Crippen LogP contribution in [0.1, 0.15) is 23.2 Å². The summed E-state index contributed by atoms with van der Waals surface area (Å²) >= 11 is 5.85. The van der Waals surface area contributed by atoms with Crippen LogP contribution >= 0.6 is 11.6 Å². The summed E-state index contributed by atoms with van der Waals surface area (Å²) in [6.45, 7) is 0.699. The van der Waals surface area contributed by atoms with Crippen LogP contribution in [0, 0.1) is 5.92 Å². The molecule has 0 bridgehead atoms. The Morgan fingerprint density at radius 3 is 2.93 bits per heavy atom. The van der Waals surface area contributed by atoms with Crippen molar-refractivity contribution in [2.45, 2.75) is 12.8 Å². The molecule has 1 saturated carbocycles. The summed E-state index contributed by atoms with van der Waals surface area (Å²) in [5, 5.41) is 12.4. The zero-order chi connectivity index (χ0) is 10.8. The van der Waals surface area contributed by atoms with E-state index in [1.807, 2.05) is 0 Å². The summed E-state index contributed by atoms with van der Waals surface area (Å²) in [4.78, 5) is 11.6. The van der Waals surface area contributed by atoms with Gasteiger partial charge in [-0.25, -0.2) is 0 Å². The Hall–Kier alpha value is -1.22. The molecule has 1 aromatic carbocycles. The second kappa shape index (κ2) is 4.11. The van der Waals surface area contributed by atoms with Gasteiger partial charge in [-0.05, 0) is 37.0 Å². The molecule has 1 aliphatic carbocycles. The average Bonchev–Trinajstić information content (AvgIpc) is 3.02. The van der Waals surface area contributed by atoms with Gasteiger partial charge in [0.05, 0.1) is 10.6 Å². The highest BCUT2D eigenvalue weighted by atomic mass is 35.5. The third-order valence-electron chi connectivity index (χ3n) is 2.44. The average molecular weight is 226 g/mol. The van der Waals surface area contributed by atoms with Crippen molar-refractivity contribution in [2.75, 3.05) is 6.54 Å². The standard InChI is InChI=1S/C11H12ClNO2/c12-10-4-3-8(14)5-9(10)11(15)13-6-7-1-2-7/h3-5,7,14H,1-2,6H2,(H,13,15). The van der Waals surface area contributed by atoms with Gasteiger partial charge in [-0.1, -0.05) is 11.6 Å². The highest BCUT2D eigenvalue weighted by Crippen LogP contribution is 2.28. The second-order valence-electron chi connectivity index (χ2n) is 3.82. The van der Waals surface area contributed by atoms with Crippen LogP contribution in [-0.4, -0.2) is 17.6 Å². The van der Waals surface area contributed by atoms with Gasteiger partial charge in [0.25, 0.3) is 5.91 Å². The molecule has 0 aromatic heterocycles. The van der Waals surface area contributed by atoms with Gasteiger partial charge in [0.1, 0.15) is 5.75 Å². The van der Waals surface area contributed by atoms with E-state index < -0.39 is 0 Å². The van der Waals surface area contributed by atoms with Crippen molar-refractivity contribution in [3.63, 3.8) is 0 Å². The fourth-order valence-corrected chi connectivity index (χ4v) is 1.54. The number of hydrogen-bond donors (Lipinski definition) is 2. The molecule has 0 radical (unpaired) electrons. The Balaban J connectivity index is 2.05. The topological polar surface area (TPSA) is 49.3 Å². The van der Waals surface area contributed by atoms with E-state index in [-0.39, 0.29) is 11.7 Å². The Kier molecular flexibility index (Phi) is 2.82. The maximum absolute atomic E-state index is 11.6. The smallest absolute Gasteiger partial charge is 0.252 e. The van der Waals surface area contributed by atoms with Crippen LogP contribution in [0.3, 0.4) is 0 Å². The van der Waals surface area contributed by atoms with E-state index in [0.717, 1.165) is 0 Å². The number of aromatic hydroxyl groups is 1. The first-order valence-corrected chi connectivity index (χ1v) is 5.31. The summed E-state index contributed by atoms with van der Waals surface area (Å²) in [5.41, 5.74) is 0.331. The second-order valence-corrected chi connectivity index (χ2v) is 4.22. The first-order chi connectivity index (χ1) is 7.16. The van der Waals surface area contributed by atoms with Crippen molar-refractivity contribution in [3.8, 4) is 5.75 Å². The van der Waals surface area contributed by atoms with Crippen molar-refractivity contribution in [1.82, 2.24) is 5.32 Å². The van der Waals surface area contributed by atoms with Crippen molar-refractivity contribution >= 4 is 17.5 Å². The SMILES string of the molecule is O=C(NCC1CC1)c1cc(O)ccc1Cl. The van der Waals surface area contributed by atoms with Crippen molar-refractivity contribution in [3.05, 3.63) is 28.8 Å². The fraction of sp³-hybridized carbons (Fsp3) is 0.364. The number of carbonyl (C=O) groups excluding carboxylic acids is 1. The summed E-state index contributed by atoms with van der Waals surface area (Å²) in [6.07, 6.45) is 2.38. The number of amides is 1. The van der Waals surface area contributed by atoms with Gasteiger partial charge in [0, 0.05) is 6.54 Å². The minimum absolute atomic E-state index is 0.0518. The van der Waals surface area contributed by atoms with Crippen LogP contribution in [0.15, 0.2) is 18.2 Å². The molecule has 4 heteroatoms. The number of benzene rings is 1. The maximum atomic E-state index is 11.6. The van der Waals surface area contributed by atoms with E-state index in [9.17, 15) is 9.90 Å². The molecule has 1 aromatic rings. The number of carbonyl (C=O) groups is 1. The van der Waals surface area contributed by atoms with Gasteiger partial charge in [0.2, 0.25) is 0 Å². The van der Waals surface area contributed by atoms with Crippen LogP contribution in [0.25, 0.3) is 0 Å². The van der Waals surface area contributed by atoms with Crippen LogP contribution in [-0.2, 0) is 0 Å². The third-order valence-corrected chi connectivity index (χ3v) is 2.77. The van der Waals surface area contributed by atoms with E-state index in [1.54, 1.807) is 0 Å². The lowest BCUT2D eigenvalue weighted by molar-refractivity contribution is 0.0951.